The topological polar surface area (TPSA) is 81.2 Å². The lowest BCUT2D eigenvalue weighted by Crippen LogP contribution is -2.27. The molecule has 0 atom stereocenters. The van der Waals surface area contributed by atoms with Crippen LogP contribution < -0.4 is 5.56 Å². The molecule has 0 aliphatic heterocycles. The number of nitrogens with zero attached hydrogens (tertiary/aromatic N) is 1. The van der Waals surface area contributed by atoms with E-state index in [1.54, 1.807) is 37.3 Å². The molecule has 3 aromatic carbocycles. The van der Waals surface area contributed by atoms with Crippen LogP contribution in [-0.4, -0.2) is 27.4 Å². The molecule has 0 radical (unpaired) electrons. The molecule has 2 aromatic heterocycles. The van der Waals surface area contributed by atoms with E-state index in [1.165, 1.54) is 6.07 Å². The molecular formula is C27H19ClN2O4S. The maximum atomic E-state index is 13.2. The van der Waals surface area contributed by atoms with Gasteiger partial charge in [-0.05, 0) is 54.6 Å². The van der Waals surface area contributed by atoms with E-state index in [0.29, 0.717) is 32.6 Å². The predicted molar refractivity (Wildman–Crippen MR) is 140 cm³/mol. The summed E-state index contributed by atoms with van der Waals surface area (Å²) in [5.74, 6) is 0. The molecule has 0 spiro atoms. The van der Waals surface area contributed by atoms with Crippen molar-refractivity contribution in [1.29, 1.82) is 0 Å². The average molecular weight is 503 g/mol. The van der Waals surface area contributed by atoms with E-state index in [-0.39, 0.29) is 11.7 Å². The third-order valence-corrected chi connectivity index (χ3v) is 6.68. The second kappa shape index (κ2) is 9.44. The number of nitrogens with one attached hydrogen (secondary N) is 1. The molecule has 35 heavy (non-hydrogen) atoms. The highest BCUT2D eigenvalue weighted by Crippen LogP contribution is 2.35. The molecule has 5 aromatic rings. The lowest BCUT2D eigenvalue weighted by molar-refractivity contribution is 0.108. The number of hydrogen-bond donors (Lipinski definition) is 1. The van der Waals surface area contributed by atoms with Gasteiger partial charge in [0.05, 0.1) is 17.6 Å². The van der Waals surface area contributed by atoms with Gasteiger partial charge < -0.3 is 9.72 Å². The molecule has 0 bridgehead atoms. The van der Waals surface area contributed by atoms with E-state index in [0.717, 1.165) is 32.3 Å². The largest absolute Gasteiger partial charge is 0.449 e. The Labute approximate surface area is 209 Å². The van der Waals surface area contributed by atoms with Gasteiger partial charge >= 0.3 is 6.09 Å². The second-order valence-electron chi connectivity index (χ2n) is 7.75. The highest BCUT2D eigenvalue weighted by molar-refractivity contribution is 8.14. The van der Waals surface area contributed by atoms with E-state index in [4.69, 9.17) is 16.3 Å². The number of fused-ring (bicyclic) bond motifs is 3. The maximum absolute atomic E-state index is 13.2. The number of pyridine rings is 1. The Hall–Kier alpha value is -3.81. The van der Waals surface area contributed by atoms with Gasteiger partial charge in [0.1, 0.15) is 0 Å². The van der Waals surface area contributed by atoms with Crippen molar-refractivity contribution >= 4 is 56.5 Å². The molecule has 5 rings (SSSR count). The van der Waals surface area contributed by atoms with E-state index in [2.05, 4.69) is 4.98 Å². The van der Waals surface area contributed by atoms with Gasteiger partial charge in [-0.15, -0.1) is 0 Å². The van der Waals surface area contributed by atoms with E-state index in [1.807, 2.05) is 42.5 Å². The molecule has 6 nitrogen and oxygen atoms in total. The highest BCUT2D eigenvalue weighted by atomic mass is 35.5. The first-order chi connectivity index (χ1) is 17.0. The van der Waals surface area contributed by atoms with Gasteiger partial charge in [-0.1, -0.05) is 54.1 Å². The molecule has 1 N–H and O–H groups in total. The van der Waals surface area contributed by atoms with E-state index < -0.39 is 11.7 Å². The van der Waals surface area contributed by atoms with Crippen molar-refractivity contribution in [2.24, 2.45) is 0 Å². The third-order valence-electron chi connectivity index (χ3n) is 5.53. The molecule has 0 fully saturated rings. The molecule has 8 heteroatoms. The molecule has 0 amide bonds. The van der Waals surface area contributed by atoms with Gasteiger partial charge in [0.15, 0.2) is 0 Å². The van der Waals surface area contributed by atoms with E-state index in [9.17, 15) is 14.4 Å². The monoisotopic (exact) mass is 502 g/mol. The van der Waals surface area contributed by atoms with Crippen LogP contribution in [0.5, 0.6) is 0 Å². The van der Waals surface area contributed by atoms with Crippen LogP contribution in [0.25, 0.3) is 33.1 Å². The Bertz CT molecular complexity index is 1660. The van der Waals surface area contributed by atoms with Crippen molar-refractivity contribution < 1.29 is 14.3 Å². The summed E-state index contributed by atoms with van der Waals surface area (Å²) in [6.07, 6.45) is -0.757. The maximum Gasteiger partial charge on any atom is 0.421 e. The molecule has 0 unspecified atom stereocenters. The number of carbonyl (C=O) groups excluding carboxylic acids is 2. The number of thioether (sulfide) groups is 1. The fourth-order valence-electron chi connectivity index (χ4n) is 4.01. The van der Waals surface area contributed by atoms with Gasteiger partial charge in [0.2, 0.25) is 5.12 Å². The fraction of sp³-hybridized carbons (Fsp3) is 0.0741. The van der Waals surface area contributed by atoms with Crippen molar-refractivity contribution in [3.05, 3.63) is 99.8 Å². The second-order valence-corrected chi connectivity index (χ2v) is 9.24. The standard InChI is InChI=1S/C27H19ClN2O4S/c1-2-34-27(33)30-23(31)15-20(24-25(30)21-14-18(28)11-12-22(21)29-24)17-9-6-10-19(13-17)35-26(32)16-7-4-3-5-8-16/h3-15,29H,2H2,1H3. The van der Waals surface area contributed by atoms with Gasteiger partial charge in [-0.2, -0.15) is 0 Å². The first kappa shape index (κ1) is 23.0. The number of ether oxygens (including phenoxy) is 1. The zero-order valence-electron chi connectivity index (χ0n) is 18.6. The van der Waals surface area contributed by atoms with E-state index >= 15 is 0 Å². The van der Waals surface area contributed by atoms with Crippen LogP contribution in [0.1, 0.15) is 17.3 Å². The lowest BCUT2D eigenvalue weighted by Gasteiger charge is -2.11. The zero-order valence-corrected chi connectivity index (χ0v) is 20.2. The number of aromatic nitrogens is 2. The molecular weight excluding hydrogens is 484 g/mol. The van der Waals surface area contributed by atoms with Crippen LogP contribution >= 0.6 is 23.4 Å². The minimum atomic E-state index is -0.757. The van der Waals surface area contributed by atoms with Crippen LogP contribution in [0, 0.1) is 0 Å². The zero-order chi connectivity index (χ0) is 24.5. The molecule has 2 heterocycles. The van der Waals surface area contributed by atoms with Gasteiger partial charge in [-0.25, -0.2) is 9.36 Å². The molecule has 0 saturated heterocycles. The smallest absolute Gasteiger partial charge is 0.421 e. The lowest BCUT2D eigenvalue weighted by atomic mass is 10.0. The Kier molecular flexibility index (Phi) is 6.19. The first-order valence-electron chi connectivity index (χ1n) is 10.9. The summed E-state index contributed by atoms with van der Waals surface area (Å²) in [4.78, 5) is 42.6. The number of carbonyl (C=O) groups is 2. The molecule has 0 saturated carbocycles. The minimum Gasteiger partial charge on any atom is -0.449 e. The van der Waals surface area contributed by atoms with Crippen LogP contribution in [0.3, 0.4) is 0 Å². The number of H-pyrrole nitrogens is 1. The predicted octanol–water partition coefficient (Wildman–Crippen LogP) is 6.74. The van der Waals surface area contributed by atoms with Crippen molar-refractivity contribution in [2.45, 2.75) is 11.8 Å². The third kappa shape index (κ3) is 4.36. The molecule has 0 aliphatic rings. The van der Waals surface area contributed by atoms with Gasteiger partial charge in [-0.3, -0.25) is 9.59 Å². The summed E-state index contributed by atoms with van der Waals surface area (Å²) in [5, 5.41) is 1.03. The van der Waals surface area contributed by atoms with Crippen molar-refractivity contribution in [3.63, 3.8) is 0 Å². The SMILES string of the molecule is CCOC(=O)n1c(=O)cc(-c2cccc(SC(=O)c3ccccc3)c2)c2[nH]c3ccc(Cl)cc3c21. The summed E-state index contributed by atoms with van der Waals surface area (Å²) >= 11 is 7.35. The highest BCUT2D eigenvalue weighted by Gasteiger charge is 2.21. The Morgan fingerprint density at radius 3 is 2.57 bits per heavy atom. The van der Waals surface area contributed by atoms with Crippen molar-refractivity contribution in [3.8, 4) is 11.1 Å². The van der Waals surface area contributed by atoms with Gasteiger partial charge in [0.25, 0.3) is 5.56 Å². The average Bonchev–Trinajstić information content (AvgIpc) is 3.22. The Balaban J connectivity index is 1.68. The van der Waals surface area contributed by atoms with Crippen LogP contribution in [0.4, 0.5) is 4.79 Å². The molecule has 0 aliphatic carbocycles. The summed E-state index contributed by atoms with van der Waals surface area (Å²) < 4.78 is 6.18. The van der Waals surface area contributed by atoms with Crippen LogP contribution in [-0.2, 0) is 4.74 Å². The number of aromatic amines is 1. The van der Waals surface area contributed by atoms with Crippen LogP contribution in [0.15, 0.2) is 88.6 Å². The minimum absolute atomic E-state index is 0.0779. The normalized spacial score (nSPS) is 11.1. The van der Waals surface area contributed by atoms with Crippen molar-refractivity contribution in [2.75, 3.05) is 6.61 Å². The van der Waals surface area contributed by atoms with Gasteiger partial charge in [0, 0.05) is 38.0 Å². The fourth-order valence-corrected chi connectivity index (χ4v) is 4.98. The molecule has 174 valence electrons. The number of halogens is 1. The first-order valence-corrected chi connectivity index (χ1v) is 12.1. The Morgan fingerprint density at radius 1 is 1.00 bits per heavy atom. The summed E-state index contributed by atoms with van der Waals surface area (Å²) in [7, 11) is 0. The summed E-state index contributed by atoms with van der Waals surface area (Å²) in [6, 6.07) is 23.1. The quantitative estimate of drug-likeness (QED) is 0.275. The number of hydrogen-bond acceptors (Lipinski definition) is 5. The summed E-state index contributed by atoms with van der Waals surface area (Å²) in [5.41, 5.74) is 3.12. The number of benzene rings is 3. The van der Waals surface area contributed by atoms with Crippen molar-refractivity contribution in [1.82, 2.24) is 9.55 Å². The van der Waals surface area contributed by atoms with Crippen LogP contribution in [0.2, 0.25) is 5.02 Å². The Morgan fingerprint density at radius 2 is 1.80 bits per heavy atom. The summed E-state index contributed by atoms with van der Waals surface area (Å²) in [6.45, 7) is 1.81. The number of rotatable bonds is 4.